The molecule has 32 heavy (non-hydrogen) atoms. The molecule has 0 saturated carbocycles. The van der Waals surface area contributed by atoms with Crippen molar-refractivity contribution in [2.24, 2.45) is 0 Å². The summed E-state index contributed by atoms with van der Waals surface area (Å²) in [6.07, 6.45) is 0.553. The van der Waals surface area contributed by atoms with Crippen LogP contribution in [-0.2, 0) is 30.5 Å². The number of carboxylic acid groups (broad SMARTS) is 4. The van der Waals surface area contributed by atoms with Crippen LogP contribution >= 0.6 is 0 Å². The van der Waals surface area contributed by atoms with Crippen LogP contribution in [0.5, 0.6) is 0 Å². The lowest BCUT2D eigenvalue weighted by Gasteiger charge is -2.46. The average molecular weight is 458 g/mol. The zero-order valence-electron chi connectivity index (χ0n) is 16.8. The Labute approximate surface area is 181 Å². The van der Waals surface area contributed by atoms with Gasteiger partial charge in [0.25, 0.3) is 0 Å². The van der Waals surface area contributed by atoms with E-state index in [2.05, 4.69) is 9.80 Å². The van der Waals surface area contributed by atoms with E-state index >= 15 is 0 Å². The molecule has 2 aliphatic rings. The van der Waals surface area contributed by atoms with Gasteiger partial charge in [0.15, 0.2) is 6.29 Å². The third kappa shape index (κ3) is 9.16. The van der Waals surface area contributed by atoms with Crippen molar-refractivity contribution < 1.29 is 53.5 Å². The van der Waals surface area contributed by atoms with Gasteiger partial charge in [-0.25, -0.2) is 23.6 Å². The van der Waals surface area contributed by atoms with E-state index in [1.54, 1.807) is 6.07 Å². The van der Waals surface area contributed by atoms with E-state index in [4.69, 9.17) is 44.3 Å². The smallest absolute Gasteiger partial charge is 0.414 e. The summed E-state index contributed by atoms with van der Waals surface area (Å²) in [6.45, 7) is 6.48. The first kappa shape index (κ1) is 26.6. The van der Waals surface area contributed by atoms with Crippen LogP contribution in [-0.4, -0.2) is 106 Å². The van der Waals surface area contributed by atoms with Gasteiger partial charge in [0, 0.05) is 38.8 Å². The lowest BCUT2D eigenvalue weighted by Crippen LogP contribution is -2.60. The van der Waals surface area contributed by atoms with Crippen molar-refractivity contribution in [3.05, 3.63) is 35.1 Å². The number of aldehydes is 1. The third-order valence-electron chi connectivity index (χ3n) is 4.46. The fraction of sp³-hybridized carbons (Fsp3) is 0.421. The molecule has 1 aromatic rings. The summed E-state index contributed by atoms with van der Waals surface area (Å²) in [4.78, 5) is 51.7. The molecule has 4 N–H and O–H groups in total. The predicted molar refractivity (Wildman–Crippen MR) is 104 cm³/mol. The molecule has 0 atom stereocenters. The van der Waals surface area contributed by atoms with E-state index in [0.717, 1.165) is 51.5 Å². The van der Waals surface area contributed by atoms with Crippen molar-refractivity contribution in [3.8, 4) is 0 Å². The fourth-order valence-corrected chi connectivity index (χ4v) is 2.87. The minimum atomic E-state index is -1.82. The molecule has 0 radical (unpaired) electrons. The number of ether oxygens (including phenoxy) is 1. The second-order valence-corrected chi connectivity index (χ2v) is 6.69. The molecule has 0 spiro atoms. The van der Waals surface area contributed by atoms with Gasteiger partial charge in [-0.3, -0.25) is 14.6 Å². The van der Waals surface area contributed by atoms with E-state index in [1.807, 2.05) is 6.07 Å². The SMILES string of the molecule is O=C(O)C(=O)O.O=C(O)C(=O)O.O=Cc1ccc(CN2CC(N3CCOCC3)C2)cc1F. The maximum absolute atomic E-state index is 13.5. The number of benzene rings is 1. The summed E-state index contributed by atoms with van der Waals surface area (Å²) in [5, 5.41) is 29.6. The lowest BCUT2D eigenvalue weighted by molar-refractivity contribution is -0.159. The number of morpholine rings is 1. The second-order valence-electron chi connectivity index (χ2n) is 6.69. The van der Waals surface area contributed by atoms with E-state index < -0.39 is 29.7 Å². The molecule has 2 heterocycles. The second kappa shape index (κ2) is 13.1. The van der Waals surface area contributed by atoms with Gasteiger partial charge in [-0.2, -0.15) is 0 Å². The molecule has 2 saturated heterocycles. The number of hydrogen-bond donors (Lipinski definition) is 4. The Morgan fingerprint density at radius 1 is 0.969 bits per heavy atom. The molecule has 2 aliphatic heterocycles. The van der Waals surface area contributed by atoms with Crippen LogP contribution in [0.15, 0.2) is 18.2 Å². The van der Waals surface area contributed by atoms with E-state index in [1.165, 1.54) is 6.07 Å². The minimum absolute atomic E-state index is 0.128. The number of likely N-dealkylation sites (tertiary alicyclic amines) is 1. The molecule has 2 fully saturated rings. The average Bonchev–Trinajstić information content (AvgIpc) is 2.72. The summed E-state index contributed by atoms with van der Waals surface area (Å²) < 4.78 is 18.9. The predicted octanol–water partition coefficient (Wildman–Crippen LogP) is -0.534. The van der Waals surface area contributed by atoms with Crippen molar-refractivity contribution in [1.82, 2.24) is 9.80 Å². The van der Waals surface area contributed by atoms with Crippen LogP contribution in [0.25, 0.3) is 0 Å². The zero-order chi connectivity index (χ0) is 24.3. The maximum Gasteiger partial charge on any atom is 0.414 e. The van der Waals surface area contributed by atoms with Crippen molar-refractivity contribution in [2.45, 2.75) is 12.6 Å². The third-order valence-corrected chi connectivity index (χ3v) is 4.46. The topological polar surface area (TPSA) is 182 Å². The Kier molecular flexibility index (Phi) is 10.9. The number of carboxylic acids is 4. The zero-order valence-corrected chi connectivity index (χ0v) is 16.8. The summed E-state index contributed by atoms with van der Waals surface area (Å²) in [6, 6.07) is 5.45. The first-order valence-electron chi connectivity index (χ1n) is 9.25. The number of aliphatic carboxylic acids is 4. The highest BCUT2D eigenvalue weighted by Crippen LogP contribution is 2.19. The number of carbonyl (C=O) groups is 5. The molecular weight excluding hydrogens is 435 g/mol. The van der Waals surface area contributed by atoms with Crippen LogP contribution < -0.4 is 0 Å². The largest absolute Gasteiger partial charge is 0.473 e. The Bertz CT molecular complexity index is 787. The molecule has 0 amide bonds. The maximum atomic E-state index is 13.5. The molecule has 0 bridgehead atoms. The molecule has 0 aliphatic carbocycles. The quantitative estimate of drug-likeness (QED) is 0.335. The van der Waals surface area contributed by atoms with Crippen molar-refractivity contribution >= 4 is 30.2 Å². The van der Waals surface area contributed by atoms with Crippen LogP contribution in [0.3, 0.4) is 0 Å². The molecule has 1 aromatic carbocycles. The highest BCUT2D eigenvalue weighted by atomic mass is 19.1. The normalized spacial score (nSPS) is 16.3. The Morgan fingerprint density at radius 3 is 1.88 bits per heavy atom. The van der Waals surface area contributed by atoms with Gasteiger partial charge in [-0.15, -0.1) is 0 Å². The molecular formula is C19H23FN2O10. The van der Waals surface area contributed by atoms with E-state index in [9.17, 15) is 9.18 Å². The molecule has 13 heteroatoms. The Balaban J connectivity index is 0.000000355. The number of carbonyl (C=O) groups excluding carboxylic acids is 1. The number of halogens is 1. The minimum Gasteiger partial charge on any atom is -0.473 e. The van der Waals surface area contributed by atoms with Gasteiger partial charge in [-0.1, -0.05) is 6.07 Å². The van der Waals surface area contributed by atoms with Gasteiger partial charge >= 0.3 is 23.9 Å². The highest BCUT2D eigenvalue weighted by molar-refractivity contribution is 6.27. The van der Waals surface area contributed by atoms with Gasteiger partial charge in [0.05, 0.1) is 18.8 Å². The van der Waals surface area contributed by atoms with Crippen molar-refractivity contribution in [2.75, 3.05) is 39.4 Å². The van der Waals surface area contributed by atoms with E-state index in [-0.39, 0.29) is 5.56 Å². The summed E-state index contributed by atoms with van der Waals surface area (Å²) in [5.41, 5.74) is 1.05. The molecule has 3 rings (SSSR count). The van der Waals surface area contributed by atoms with Gasteiger partial charge in [0.2, 0.25) is 0 Å². The van der Waals surface area contributed by atoms with Gasteiger partial charge in [0.1, 0.15) is 5.82 Å². The van der Waals surface area contributed by atoms with Gasteiger partial charge in [-0.05, 0) is 17.7 Å². The monoisotopic (exact) mass is 458 g/mol. The van der Waals surface area contributed by atoms with Crippen molar-refractivity contribution in [3.63, 3.8) is 0 Å². The van der Waals surface area contributed by atoms with Crippen molar-refractivity contribution in [1.29, 1.82) is 0 Å². The van der Waals surface area contributed by atoms with Crippen LogP contribution in [0.1, 0.15) is 15.9 Å². The molecule has 12 nitrogen and oxygen atoms in total. The molecule has 0 aromatic heterocycles. The van der Waals surface area contributed by atoms with Crippen LogP contribution in [0, 0.1) is 5.82 Å². The summed E-state index contributed by atoms with van der Waals surface area (Å²) in [7, 11) is 0. The Morgan fingerprint density at radius 2 is 1.47 bits per heavy atom. The number of hydrogen-bond acceptors (Lipinski definition) is 8. The lowest BCUT2D eigenvalue weighted by atomic mass is 10.0. The summed E-state index contributed by atoms with van der Waals surface area (Å²) >= 11 is 0. The first-order valence-corrected chi connectivity index (χ1v) is 9.25. The first-order chi connectivity index (χ1) is 15.0. The fourth-order valence-electron chi connectivity index (χ4n) is 2.87. The molecule has 176 valence electrons. The number of nitrogens with zero attached hydrogens (tertiary/aromatic N) is 2. The van der Waals surface area contributed by atoms with Crippen LogP contribution in [0.4, 0.5) is 4.39 Å². The highest BCUT2D eigenvalue weighted by Gasteiger charge is 2.32. The van der Waals surface area contributed by atoms with Crippen LogP contribution in [0.2, 0.25) is 0 Å². The standard InChI is InChI=1S/C15H19FN2O2.2C2H2O4/c16-15-7-12(1-2-13(15)11-19)8-17-9-14(10-17)18-3-5-20-6-4-18;2*3-1(4)2(5)6/h1-2,7,11,14H,3-6,8-10H2;2*(H,3,4)(H,5,6). The van der Waals surface area contributed by atoms with E-state index in [0.29, 0.717) is 12.3 Å². The molecule has 0 unspecified atom stereocenters. The Hall–Kier alpha value is -3.42. The summed E-state index contributed by atoms with van der Waals surface area (Å²) in [5.74, 6) is -7.72. The van der Waals surface area contributed by atoms with Gasteiger partial charge < -0.3 is 25.2 Å². The number of rotatable bonds is 4.